The highest BCUT2D eigenvalue weighted by atomic mass is 16.1. The van der Waals surface area contributed by atoms with Gasteiger partial charge in [-0.1, -0.05) is 30.3 Å². The Morgan fingerprint density at radius 3 is 2.63 bits per heavy atom. The zero-order valence-electron chi connectivity index (χ0n) is 16.9. The number of benzene rings is 1. The molecule has 0 aliphatic rings. The van der Waals surface area contributed by atoms with Crippen molar-refractivity contribution < 1.29 is 4.79 Å². The van der Waals surface area contributed by atoms with Crippen molar-refractivity contribution in [2.45, 2.75) is 19.9 Å². The Bertz CT molecular complexity index is 1110. The average Bonchev–Trinajstić information content (AvgIpc) is 2.75. The van der Waals surface area contributed by atoms with E-state index in [1.54, 1.807) is 41.5 Å². The van der Waals surface area contributed by atoms with Gasteiger partial charge < -0.3 is 9.88 Å². The van der Waals surface area contributed by atoms with Crippen LogP contribution in [-0.2, 0) is 13.0 Å². The van der Waals surface area contributed by atoms with Crippen LogP contribution in [0.15, 0.2) is 88.7 Å². The minimum absolute atomic E-state index is 0.0193. The molecule has 0 spiro atoms. The van der Waals surface area contributed by atoms with E-state index in [1.165, 1.54) is 0 Å². The highest BCUT2D eigenvalue weighted by Gasteiger charge is 2.07. The molecule has 2 heterocycles. The molecule has 0 aliphatic carbocycles. The second-order valence-corrected chi connectivity index (χ2v) is 7.08. The van der Waals surface area contributed by atoms with Crippen LogP contribution < -0.4 is 10.9 Å². The first-order chi connectivity index (χ1) is 14.5. The normalized spacial score (nSPS) is 11.2. The van der Waals surface area contributed by atoms with Crippen molar-refractivity contribution in [1.29, 1.82) is 0 Å². The molecule has 0 atom stereocenters. The Kier molecular flexibility index (Phi) is 7.05. The molecule has 6 heteroatoms. The van der Waals surface area contributed by atoms with Crippen LogP contribution in [0.5, 0.6) is 0 Å². The Labute approximate surface area is 175 Å². The van der Waals surface area contributed by atoms with Crippen LogP contribution in [0.2, 0.25) is 0 Å². The number of aromatic nitrogens is 2. The van der Waals surface area contributed by atoms with Gasteiger partial charge in [-0.05, 0) is 54.5 Å². The summed E-state index contributed by atoms with van der Waals surface area (Å²) in [6.07, 6.45) is 7.39. The molecular weight excluding hydrogens is 376 g/mol. The van der Waals surface area contributed by atoms with Gasteiger partial charge in [-0.15, -0.1) is 0 Å². The van der Waals surface area contributed by atoms with Gasteiger partial charge in [0, 0.05) is 37.4 Å². The molecule has 0 fully saturated rings. The molecule has 0 saturated heterocycles. The standard InChI is InChI=1S/C24H24N4O2/c1-18(13-25-2)14-27-24(30)22-12-21(15-26-16-22)11-19-6-8-20(9-7-19)17-28-10-4-3-5-23(28)29/h3-10,12-13,15-16H,2,11,14,17H2,1H3,(H,27,30)/b18-13+. The van der Waals surface area contributed by atoms with Gasteiger partial charge in [0.25, 0.3) is 11.5 Å². The number of amides is 1. The lowest BCUT2D eigenvalue weighted by Crippen LogP contribution is -2.25. The van der Waals surface area contributed by atoms with Gasteiger partial charge in [0.1, 0.15) is 0 Å². The van der Waals surface area contributed by atoms with Gasteiger partial charge in [-0.25, -0.2) is 0 Å². The molecule has 0 unspecified atom stereocenters. The highest BCUT2D eigenvalue weighted by Crippen LogP contribution is 2.12. The summed E-state index contributed by atoms with van der Waals surface area (Å²) in [6.45, 7) is 6.22. The first-order valence-electron chi connectivity index (χ1n) is 9.62. The Morgan fingerprint density at radius 2 is 1.90 bits per heavy atom. The summed E-state index contributed by atoms with van der Waals surface area (Å²) < 4.78 is 1.67. The predicted octanol–water partition coefficient (Wildman–Crippen LogP) is 3.22. The Balaban J connectivity index is 1.64. The second-order valence-electron chi connectivity index (χ2n) is 7.08. The van der Waals surface area contributed by atoms with Gasteiger partial charge in [0.2, 0.25) is 0 Å². The summed E-state index contributed by atoms with van der Waals surface area (Å²) in [5, 5.41) is 2.85. The number of rotatable bonds is 8. The van der Waals surface area contributed by atoms with E-state index in [4.69, 9.17) is 0 Å². The summed E-state index contributed by atoms with van der Waals surface area (Å²) >= 11 is 0. The fourth-order valence-electron chi connectivity index (χ4n) is 3.02. The third-order valence-electron chi connectivity index (χ3n) is 4.58. The average molecular weight is 400 g/mol. The fourth-order valence-corrected chi connectivity index (χ4v) is 3.02. The summed E-state index contributed by atoms with van der Waals surface area (Å²) in [7, 11) is 0. The largest absolute Gasteiger partial charge is 0.348 e. The minimum Gasteiger partial charge on any atom is -0.348 e. The van der Waals surface area contributed by atoms with E-state index in [0.29, 0.717) is 25.1 Å². The molecule has 1 amide bonds. The number of carbonyl (C=O) groups excluding carboxylic acids is 1. The number of aliphatic imine (C=N–C) groups is 1. The van der Waals surface area contributed by atoms with Crippen molar-refractivity contribution in [3.63, 3.8) is 0 Å². The Hall–Kier alpha value is -3.80. The zero-order valence-corrected chi connectivity index (χ0v) is 16.9. The van der Waals surface area contributed by atoms with Gasteiger partial charge in [-0.2, -0.15) is 0 Å². The lowest BCUT2D eigenvalue weighted by molar-refractivity contribution is 0.0956. The lowest BCUT2D eigenvalue weighted by Gasteiger charge is -2.08. The lowest BCUT2D eigenvalue weighted by atomic mass is 10.0. The Morgan fingerprint density at radius 1 is 1.13 bits per heavy atom. The number of nitrogens with one attached hydrogen (secondary N) is 1. The summed E-state index contributed by atoms with van der Waals surface area (Å²) in [5.74, 6) is -0.176. The molecule has 1 aromatic carbocycles. The molecule has 6 nitrogen and oxygen atoms in total. The summed E-state index contributed by atoms with van der Waals surface area (Å²) in [5.41, 5.74) is 4.53. The molecule has 3 aromatic rings. The number of pyridine rings is 2. The van der Waals surface area contributed by atoms with Crippen molar-refractivity contribution in [3.05, 3.63) is 112 Å². The molecule has 152 valence electrons. The first-order valence-corrected chi connectivity index (χ1v) is 9.62. The van der Waals surface area contributed by atoms with E-state index < -0.39 is 0 Å². The highest BCUT2D eigenvalue weighted by molar-refractivity contribution is 5.94. The zero-order chi connectivity index (χ0) is 21.3. The predicted molar refractivity (Wildman–Crippen MR) is 119 cm³/mol. The van der Waals surface area contributed by atoms with Gasteiger partial charge in [-0.3, -0.25) is 19.6 Å². The number of hydrogen-bond donors (Lipinski definition) is 1. The SMILES string of the molecule is C=N/C=C(\C)CNC(=O)c1cncc(Cc2ccc(Cn3ccccc3=O)cc2)c1. The topological polar surface area (TPSA) is 76.3 Å². The van der Waals surface area contributed by atoms with E-state index in [1.807, 2.05) is 43.3 Å². The monoisotopic (exact) mass is 400 g/mol. The van der Waals surface area contributed by atoms with Gasteiger partial charge in [0.15, 0.2) is 0 Å². The maximum Gasteiger partial charge on any atom is 0.253 e. The maximum atomic E-state index is 12.4. The molecule has 0 bridgehead atoms. The van der Waals surface area contributed by atoms with Gasteiger partial charge >= 0.3 is 0 Å². The summed E-state index contributed by atoms with van der Waals surface area (Å²) in [4.78, 5) is 32.1. The third kappa shape index (κ3) is 5.85. The molecule has 0 radical (unpaired) electrons. The van der Waals surface area contributed by atoms with Crippen molar-refractivity contribution in [2.24, 2.45) is 4.99 Å². The number of hydrogen-bond acceptors (Lipinski definition) is 4. The van der Waals surface area contributed by atoms with Crippen molar-refractivity contribution in [3.8, 4) is 0 Å². The maximum absolute atomic E-state index is 12.4. The molecular formula is C24H24N4O2. The van der Waals surface area contributed by atoms with Crippen LogP contribution in [0, 0.1) is 0 Å². The van der Waals surface area contributed by atoms with E-state index in [9.17, 15) is 9.59 Å². The van der Waals surface area contributed by atoms with Gasteiger partial charge in [0.05, 0.1) is 12.1 Å². The molecule has 2 aromatic heterocycles. The van der Waals surface area contributed by atoms with E-state index in [-0.39, 0.29) is 11.5 Å². The number of carbonyl (C=O) groups is 1. The first kappa shape index (κ1) is 20.9. The van der Waals surface area contributed by atoms with Crippen LogP contribution in [0.1, 0.15) is 34.0 Å². The molecule has 0 aliphatic heterocycles. The van der Waals surface area contributed by atoms with Crippen LogP contribution in [0.3, 0.4) is 0 Å². The van der Waals surface area contributed by atoms with E-state index >= 15 is 0 Å². The third-order valence-corrected chi connectivity index (χ3v) is 4.58. The summed E-state index contributed by atoms with van der Waals surface area (Å²) in [6, 6.07) is 15.1. The molecule has 30 heavy (non-hydrogen) atoms. The quantitative estimate of drug-likeness (QED) is 0.590. The van der Waals surface area contributed by atoms with Crippen LogP contribution >= 0.6 is 0 Å². The molecule has 1 N–H and O–H groups in total. The van der Waals surface area contributed by atoms with Crippen LogP contribution in [0.4, 0.5) is 0 Å². The molecule has 0 saturated carbocycles. The van der Waals surface area contributed by atoms with Crippen molar-refractivity contribution in [2.75, 3.05) is 6.54 Å². The molecule has 3 rings (SSSR count). The fraction of sp³-hybridized carbons (Fsp3) is 0.167. The van der Waals surface area contributed by atoms with Crippen LogP contribution in [-0.4, -0.2) is 28.7 Å². The minimum atomic E-state index is -0.176. The van der Waals surface area contributed by atoms with E-state index in [0.717, 1.165) is 22.3 Å². The van der Waals surface area contributed by atoms with Crippen LogP contribution in [0.25, 0.3) is 0 Å². The van der Waals surface area contributed by atoms with Crippen molar-refractivity contribution >= 4 is 12.6 Å². The number of nitrogens with zero attached hydrogens (tertiary/aromatic N) is 3. The second kappa shape index (κ2) is 10.1. The van der Waals surface area contributed by atoms with E-state index in [2.05, 4.69) is 22.0 Å². The van der Waals surface area contributed by atoms with Crippen molar-refractivity contribution in [1.82, 2.24) is 14.9 Å². The smallest absolute Gasteiger partial charge is 0.253 e.